The number of thiophene rings is 1. The number of aromatic nitrogens is 2. The molecule has 1 unspecified atom stereocenters. The SMILES string of the molecule is CC(CO)NC(=O)c1ccc(-c2cc3ncnc(Nc4cccc(O)c4)c3s2)cc1. The number of carbonyl (C=O) groups is 1. The highest BCUT2D eigenvalue weighted by molar-refractivity contribution is 7.22. The van der Waals surface area contributed by atoms with Gasteiger partial charge in [0.1, 0.15) is 12.1 Å². The second-order valence-corrected chi connectivity index (χ2v) is 7.91. The second kappa shape index (κ2) is 8.48. The number of aliphatic hydroxyl groups is 1. The summed E-state index contributed by atoms with van der Waals surface area (Å²) in [5, 5.41) is 24.7. The normalized spacial score (nSPS) is 11.9. The van der Waals surface area contributed by atoms with Crippen LogP contribution >= 0.6 is 11.3 Å². The van der Waals surface area contributed by atoms with Crippen molar-refractivity contribution in [1.82, 2.24) is 15.3 Å². The molecule has 2 aromatic heterocycles. The van der Waals surface area contributed by atoms with E-state index >= 15 is 0 Å². The summed E-state index contributed by atoms with van der Waals surface area (Å²) in [4.78, 5) is 21.9. The van der Waals surface area contributed by atoms with Crippen molar-refractivity contribution in [3.8, 4) is 16.2 Å². The molecule has 1 amide bonds. The van der Waals surface area contributed by atoms with Crippen molar-refractivity contribution in [2.24, 2.45) is 0 Å². The van der Waals surface area contributed by atoms with E-state index in [2.05, 4.69) is 20.6 Å². The molecule has 4 rings (SSSR count). The monoisotopic (exact) mass is 420 g/mol. The van der Waals surface area contributed by atoms with Crippen LogP contribution in [0.25, 0.3) is 20.7 Å². The molecule has 0 radical (unpaired) electrons. The Balaban J connectivity index is 1.60. The fourth-order valence-electron chi connectivity index (χ4n) is 2.94. The summed E-state index contributed by atoms with van der Waals surface area (Å²) in [6.45, 7) is 1.64. The van der Waals surface area contributed by atoms with Gasteiger partial charge in [0.25, 0.3) is 5.91 Å². The van der Waals surface area contributed by atoms with Crippen molar-refractivity contribution >= 4 is 39.0 Å². The molecule has 7 nitrogen and oxygen atoms in total. The number of hydrogen-bond acceptors (Lipinski definition) is 7. The Kier molecular flexibility index (Phi) is 5.60. The van der Waals surface area contributed by atoms with E-state index in [1.165, 1.54) is 6.33 Å². The van der Waals surface area contributed by atoms with Gasteiger partial charge in [-0.3, -0.25) is 4.79 Å². The number of aromatic hydroxyl groups is 1. The van der Waals surface area contributed by atoms with Gasteiger partial charge in [-0.1, -0.05) is 18.2 Å². The quantitative estimate of drug-likeness (QED) is 0.377. The van der Waals surface area contributed by atoms with Gasteiger partial charge in [0, 0.05) is 28.2 Å². The number of carbonyl (C=O) groups excluding carboxylic acids is 1. The highest BCUT2D eigenvalue weighted by atomic mass is 32.1. The molecule has 0 fully saturated rings. The number of hydrogen-bond donors (Lipinski definition) is 4. The van der Waals surface area contributed by atoms with Gasteiger partial charge in [-0.05, 0) is 42.8 Å². The van der Waals surface area contributed by atoms with Crippen LogP contribution in [0, 0.1) is 0 Å². The van der Waals surface area contributed by atoms with Crippen molar-refractivity contribution in [2.45, 2.75) is 13.0 Å². The first kappa shape index (κ1) is 19.8. The van der Waals surface area contributed by atoms with Crippen molar-refractivity contribution in [3.63, 3.8) is 0 Å². The molecule has 0 saturated carbocycles. The van der Waals surface area contributed by atoms with Crippen LogP contribution in [-0.4, -0.2) is 38.7 Å². The van der Waals surface area contributed by atoms with Gasteiger partial charge in [0.2, 0.25) is 0 Å². The fraction of sp³-hybridized carbons (Fsp3) is 0.136. The van der Waals surface area contributed by atoms with E-state index in [-0.39, 0.29) is 24.3 Å². The lowest BCUT2D eigenvalue weighted by Crippen LogP contribution is -2.34. The lowest BCUT2D eigenvalue weighted by Gasteiger charge is -2.10. The first-order chi connectivity index (χ1) is 14.5. The first-order valence-electron chi connectivity index (χ1n) is 9.36. The third-order valence-corrected chi connectivity index (χ3v) is 5.68. The van der Waals surface area contributed by atoms with Crippen LogP contribution in [-0.2, 0) is 0 Å². The highest BCUT2D eigenvalue weighted by Crippen LogP contribution is 2.36. The molecule has 2 aromatic carbocycles. The van der Waals surface area contributed by atoms with Crippen LogP contribution in [0.15, 0.2) is 60.9 Å². The zero-order valence-electron chi connectivity index (χ0n) is 16.2. The lowest BCUT2D eigenvalue weighted by molar-refractivity contribution is 0.0922. The van der Waals surface area contributed by atoms with E-state index in [0.29, 0.717) is 11.4 Å². The van der Waals surface area contributed by atoms with E-state index in [4.69, 9.17) is 5.11 Å². The van der Waals surface area contributed by atoms with E-state index in [1.54, 1.807) is 48.6 Å². The Labute approximate surface area is 177 Å². The standard InChI is InChI=1S/C22H20N4O3S/c1-13(11-27)25-22(29)15-7-5-14(6-8-15)19-10-18-20(30-19)21(24-12-23-18)26-16-3-2-4-17(28)9-16/h2-10,12-13,27-28H,11H2,1H3,(H,25,29)(H,23,24,26). The van der Waals surface area contributed by atoms with E-state index in [1.807, 2.05) is 24.3 Å². The summed E-state index contributed by atoms with van der Waals surface area (Å²) >= 11 is 1.55. The number of rotatable bonds is 6. The predicted molar refractivity (Wildman–Crippen MR) is 118 cm³/mol. The van der Waals surface area contributed by atoms with Crippen LogP contribution < -0.4 is 10.6 Å². The van der Waals surface area contributed by atoms with Gasteiger partial charge < -0.3 is 20.8 Å². The van der Waals surface area contributed by atoms with E-state index in [9.17, 15) is 9.90 Å². The van der Waals surface area contributed by atoms with Crippen LogP contribution in [0.4, 0.5) is 11.5 Å². The Morgan fingerprint density at radius 2 is 1.93 bits per heavy atom. The Morgan fingerprint density at radius 1 is 1.13 bits per heavy atom. The number of anilines is 2. The minimum atomic E-state index is -0.296. The summed E-state index contributed by atoms with van der Waals surface area (Å²) in [5.41, 5.74) is 3.04. The zero-order chi connectivity index (χ0) is 21.1. The Morgan fingerprint density at radius 3 is 2.67 bits per heavy atom. The average molecular weight is 420 g/mol. The Bertz CT molecular complexity index is 1190. The van der Waals surface area contributed by atoms with E-state index in [0.717, 1.165) is 26.3 Å². The molecular weight excluding hydrogens is 400 g/mol. The number of nitrogens with one attached hydrogen (secondary N) is 2. The maximum absolute atomic E-state index is 12.2. The number of fused-ring (bicyclic) bond motifs is 1. The molecular formula is C22H20N4O3S. The van der Waals surface area contributed by atoms with Crippen molar-refractivity contribution in [2.75, 3.05) is 11.9 Å². The molecule has 0 spiro atoms. The molecule has 8 heteroatoms. The zero-order valence-corrected chi connectivity index (χ0v) is 17.0. The molecule has 4 aromatic rings. The van der Waals surface area contributed by atoms with Gasteiger partial charge in [-0.25, -0.2) is 9.97 Å². The fourth-order valence-corrected chi connectivity index (χ4v) is 4.01. The number of aliphatic hydroxyl groups excluding tert-OH is 1. The predicted octanol–water partition coefficient (Wildman–Crippen LogP) is 3.92. The summed E-state index contributed by atoms with van der Waals surface area (Å²) in [5.74, 6) is 0.619. The second-order valence-electron chi connectivity index (χ2n) is 6.86. The first-order valence-corrected chi connectivity index (χ1v) is 10.2. The minimum absolute atomic E-state index is 0.106. The molecule has 0 aliphatic heterocycles. The molecule has 0 saturated heterocycles. The maximum atomic E-state index is 12.2. The third-order valence-electron chi connectivity index (χ3n) is 4.50. The molecule has 0 aliphatic rings. The van der Waals surface area contributed by atoms with Crippen molar-refractivity contribution in [3.05, 3.63) is 66.5 Å². The molecule has 2 heterocycles. The Hall–Kier alpha value is -3.49. The van der Waals surface area contributed by atoms with Gasteiger partial charge >= 0.3 is 0 Å². The van der Waals surface area contributed by atoms with Gasteiger partial charge in [-0.15, -0.1) is 11.3 Å². The number of phenols is 1. The molecule has 1 atom stereocenters. The molecule has 0 aliphatic carbocycles. The largest absolute Gasteiger partial charge is 0.508 e. The lowest BCUT2D eigenvalue weighted by atomic mass is 10.1. The van der Waals surface area contributed by atoms with Gasteiger partial charge in [-0.2, -0.15) is 0 Å². The summed E-state index contributed by atoms with van der Waals surface area (Å²) < 4.78 is 0.898. The third kappa shape index (κ3) is 4.24. The van der Waals surface area contributed by atoms with Crippen LogP contribution in [0.2, 0.25) is 0 Å². The van der Waals surface area contributed by atoms with Crippen molar-refractivity contribution in [1.29, 1.82) is 0 Å². The summed E-state index contributed by atoms with van der Waals surface area (Å²) in [7, 11) is 0. The summed E-state index contributed by atoms with van der Waals surface area (Å²) in [6.07, 6.45) is 1.50. The van der Waals surface area contributed by atoms with E-state index < -0.39 is 0 Å². The number of amides is 1. The van der Waals surface area contributed by atoms with Crippen molar-refractivity contribution < 1.29 is 15.0 Å². The minimum Gasteiger partial charge on any atom is -0.508 e. The van der Waals surface area contributed by atoms with Crippen LogP contribution in [0.1, 0.15) is 17.3 Å². The van der Waals surface area contributed by atoms with Gasteiger partial charge in [0.05, 0.1) is 16.8 Å². The molecule has 152 valence electrons. The topological polar surface area (TPSA) is 107 Å². The van der Waals surface area contributed by atoms with Crippen LogP contribution in [0.3, 0.4) is 0 Å². The van der Waals surface area contributed by atoms with Gasteiger partial charge in [0.15, 0.2) is 5.82 Å². The number of nitrogens with zero attached hydrogens (tertiary/aromatic N) is 2. The van der Waals surface area contributed by atoms with Crippen LogP contribution in [0.5, 0.6) is 5.75 Å². The smallest absolute Gasteiger partial charge is 0.251 e. The number of phenolic OH excluding ortho intramolecular Hbond substituents is 1. The summed E-state index contributed by atoms with van der Waals surface area (Å²) in [6, 6.07) is 15.8. The molecule has 30 heavy (non-hydrogen) atoms. The average Bonchev–Trinajstić information content (AvgIpc) is 3.19. The maximum Gasteiger partial charge on any atom is 0.251 e. The number of benzene rings is 2. The molecule has 0 bridgehead atoms. The highest BCUT2D eigenvalue weighted by Gasteiger charge is 2.13. The molecule has 4 N–H and O–H groups in total.